The Balaban J connectivity index is 1.96. The fourth-order valence-corrected chi connectivity index (χ4v) is 2.99. The molecule has 27 heavy (non-hydrogen) atoms. The Labute approximate surface area is 158 Å². The van der Waals surface area contributed by atoms with E-state index >= 15 is 0 Å². The quantitative estimate of drug-likeness (QED) is 0.791. The molecule has 7 nitrogen and oxygen atoms in total. The number of anilines is 3. The van der Waals surface area contributed by atoms with Crippen LogP contribution in [0.3, 0.4) is 0 Å². The zero-order chi connectivity index (χ0) is 19.6. The van der Waals surface area contributed by atoms with Crippen molar-refractivity contribution in [1.82, 2.24) is 9.97 Å². The summed E-state index contributed by atoms with van der Waals surface area (Å²) in [7, 11) is 1.52. The summed E-state index contributed by atoms with van der Waals surface area (Å²) in [5.74, 6) is 0.832. The molecular weight excluding hydrogens is 342 g/mol. The Morgan fingerprint density at radius 2 is 2.00 bits per heavy atom. The number of hydrogen-bond acceptors (Lipinski definition) is 6. The number of nitrogens with two attached hydrogens (primary N) is 1. The van der Waals surface area contributed by atoms with Crippen LogP contribution < -0.4 is 20.7 Å². The number of amides is 1. The highest BCUT2D eigenvalue weighted by atomic mass is 16.5. The molecule has 2 heterocycles. The van der Waals surface area contributed by atoms with Crippen molar-refractivity contribution in [3.8, 4) is 5.88 Å². The molecule has 1 amide bonds. The Morgan fingerprint density at radius 3 is 2.67 bits per heavy atom. The SMILES string of the molecule is C=C1C(=O)N(c2ccccc2)C(C(C)Nc2cc(OC)nc(N)n2)=CC1C. The van der Waals surface area contributed by atoms with Crippen LogP contribution in [0.2, 0.25) is 0 Å². The molecule has 1 aliphatic rings. The number of aromatic nitrogens is 2. The van der Waals surface area contributed by atoms with E-state index in [9.17, 15) is 4.79 Å². The van der Waals surface area contributed by atoms with E-state index in [2.05, 4.69) is 21.9 Å². The number of rotatable bonds is 5. The van der Waals surface area contributed by atoms with Gasteiger partial charge in [-0.25, -0.2) is 0 Å². The topological polar surface area (TPSA) is 93.4 Å². The first-order valence-corrected chi connectivity index (χ1v) is 8.65. The maximum atomic E-state index is 13.0. The molecule has 0 bridgehead atoms. The zero-order valence-electron chi connectivity index (χ0n) is 15.6. The molecule has 0 fully saturated rings. The molecule has 2 atom stereocenters. The molecule has 0 radical (unpaired) electrons. The summed E-state index contributed by atoms with van der Waals surface area (Å²) in [6.45, 7) is 7.87. The number of carbonyl (C=O) groups is 1. The molecule has 3 N–H and O–H groups in total. The first-order chi connectivity index (χ1) is 12.9. The van der Waals surface area contributed by atoms with E-state index in [1.54, 1.807) is 11.0 Å². The first kappa shape index (κ1) is 18.4. The number of nitrogens with zero attached hydrogens (tertiary/aromatic N) is 3. The lowest BCUT2D eigenvalue weighted by Crippen LogP contribution is -2.42. The number of hydrogen-bond donors (Lipinski definition) is 2. The van der Waals surface area contributed by atoms with Crippen LogP contribution in [0, 0.1) is 5.92 Å². The second-order valence-electron chi connectivity index (χ2n) is 6.40. The van der Waals surface area contributed by atoms with E-state index in [-0.39, 0.29) is 23.8 Å². The normalized spacial score (nSPS) is 18.1. The second-order valence-corrected chi connectivity index (χ2v) is 6.40. The van der Waals surface area contributed by atoms with Crippen molar-refractivity contribution < 1.29 is 9.53 Å². The fourth-order valence-electron chi connectivity index (χ4n) is 2.99. The van der Waals surface area contributed by atoms with Crippen LogP contribution >= 0.6 is 0 Å². The van der Waals surface area contributed by atoms with Gasteiger partial charge >= 0.3 is 0 Å². The number of para-hydroxylation sites is 1. The monoisotopic (exact) mass is 365 g/mol. The van der Waals surface area contributed by atoms with Crippen LogP contribution in [-0.4, -0.2) is 29.0 Å². The number of nitrogen functional groups attached to an aromatic ring is 1. The molecule has 0 aliphatic carbocycles. The number of allylic oxidation sites excluding steroid dienone is 1. The van der Waals surface area contributed by atoms with Crippen LogP contribution in [0.1, 0.15) is 13.8 Å². The molecule has 0 saturated heterocycles. The summed E-state index contributed by atoms with van der Waals surface area (Å²) in [6.07, 6.45) is 2.04. The van der Waals surface area contributed by atoms with E-state index in [1.165, 1.54) is 7.11 Å². The van der Waals surface area contributed by atoms with Gasteiger partial charge in [-0.3, -0.25) is 9.69 Å². The number of carbonyl (C=O) groups excluding carboxylic acids is 1. The lowest BCUT2D eigenvalue weighted by atomic mass is 9.93. The standard InChI is InChI=1S/C20H23N5O2/c1-12-10-16(14(3)22-17-11-18(27-4)24-20(21)23-17)25(19(26)13(12)2)15-8-6-5-7-9-15/h5-12,14H,2H2,1,3-4H3,(H3,21,22,23,24). The van der Waals surface area contributed by atoms with Crippen molar-refractivity contribution in [3.63, 3.8) is 0 Å². The third kappa shape index (κ3) is 3.76. The van der Waals surface area contributed by atoms with Gasteiger partial charge in [-0.1, -0.05) is 37.8 Å². The smallest absolute Gasteiger partial charge is 0.258 e. The lowest BCUT2D eigenvalue weighted by molar-refractivity contribution is -0.115. The van der Waals surface area contributed by atoms with Crippen LogP contribution in [0.25, 0.3) is 0 Å². The van der Waals surface area contributed by atoms with Crippen LogP contribution in [0.4, 0.5) is 17.5 Å². The van der Waals surface area contributed by atoms with E-state index < -0.39 is 0 Å². The van der Waals surface area contributed by atoms with E-state index in [0.717, 1.165) is 11.4 Å². The van der Waals surface area contributed by atoms with Crippen molar-refractivity contribution >= 4 is 23.4 Å². The minimum atomic E-state index is -0.219. The number of benzene rings is 1. The highest BCUT2D eigenvalue weighted by molar-refractivity contribution is 6.09. The summed E-state index contributed by atoms with van der Waals surface area (Å²) in [5, 5.41) is 3.28. The van der Waals surface area contributed by atoms with Crippen molar-refractivity contribution in [2.45, 2.75) is 19.9 Å². The summed E-state index contributed by atoms with van der Waals surface area (Å²) in [4.78, 5) is 22.8. The van der Waals surface area contributed by atoms with Gasteiger partial charge < -0.3 is 15.8 Å². The molecule has 1 aliphatic heterocycles. The summed E-state index contributed by atoms with van der Waals surface area (Å²) in [6, 6.07) is 10.9. The summed E-state index contributed by atoms with van der Waals surface area (Å²) < 4.78 is 5.14. The highest BCUT2D eigenvalue weighted by Gasteiger charge is 2.32. The highest BCUT2D eigenvalue weighted by Crippen LogP contribution is 2.32. The van der Waals surface area contributed by atoms with Gasteiger partial charge in [0.05, 0.1) is 13.2 Å². The Kier molecular flexibility index (Phi) is 5.12. The Morgan fingerprint density at radius 1 is 1.30 bits per heavy atom. The molecule has 0 saturated carbocycles. The Bertz CT molecular complexity index is 895. The average molecular weight is 365 g/mol. The maximum absolute atomic E-state index is 13.0. The van der Waals surface area contributed by atoms with E-state index in [4.69, 9.17) is 10.5 Å². The molecular formula is C20H23N5O2. The predicted molar refractivity (Wildman–Crippen MR) is 106 cm³/mol. The Hall–Kier alpha value is -3.35. The van der Waals surface area contributed by atoms with Gasteiger partial charge in [-0.05, 0) is 19.1 Å². The van der Waals surface area contributed by atoms with Gasteiger partial charge in [0.1, 0.15) is 5.82 Å². The van der Waals surface area contributed by atoms with Gasteiger partial charge in [-0.2, -0.15) is 9.97 Å². The zero-order valence-corrected chi connectivity index (χ0v) is 15.6. The minimum absolute atomic E-state index is 0.0540. The van der Waals surface area contributed by atoms with Crippen molar-refractivity contribution in [2.75, 3.05) is 23.1 Å². The molecule has 2 aromatic rings. The second kappa shape index (κ2) is 7.49. The number of ether oxygens (including phenoxy) is 1. The van der Waals surface area contributed by atoms with Crippen molar-refractivity contribution in [1.29, 1.82) is 0 Å². The third-order valence-corrected chi connectivity index (χ3v) is 4.46. The number of methoxy groups -OCH3 is 1. The largest absolute Gasteiger partial charge is 0.481 e. The van der Waals surface area contributed by atoms with Gasteiger partial charge in [0.15, 0.2) is 0 Å². The molecule has 0 spiro atoms. The van der Waals surface area contributed by atoms with Crippen molar-refractivity contribution in [2.24, 2.45) is 5.92 Å². The lowest BCUT2D eigenvalue weighted by Gasteiger charge is -2.35. The maximum Gasteiger partial charge on any atom is 0.258 e. The fraction of sp³-hybridized carbons (Fsp3) is 0.250. The first-order valence-electron chi connectivity index (χ1n) is 8.65. The van der Waals surface area contributed by atoms with Crippen LogP contribution in [0.5, 0.6) is 5.88 Å². The predicted octanol–water partition coefficient (Wildman–Crippen LogP) is 2.99. The molecule has 7 heteroatoms. The number of nitrogens with one attached hydrogen (secondary N) is 1. The van der Waals surface area contributed by atoms with Crippen LogP contribution in [-0.2, 0) is 4.79 Å². The minimum Gasteiger partial charge on any atom is -0.481 e. The molecule has 140 valence electrons. The van der Waals surface area contributed by atoms with Crippen LogP contribution in [0.15, 0.2) is 60.3 Å². The van der Waals surface area contributed by atoms with Crippen molar-refractivity contribution in [3.05, 3.63) is 60.3 Å². The van der Waals surface area contributed by atoms with E-state index in [0.29, 0.717) is 17.3 Å². The molecule has 1 aromatic heterocycles. The summed E-state index contributed by atoms with van der Waals surface area (Å²) >= 11 is 0. The van der Waals surface area contributed by atoms with Gasteiger partial charge in [-0.15, -0.1) is 0 Å². The van der Waals surface area contributed by atoms with Gasteiger partial charge in [0.2, 0.25) is 11.8 Å². The molecule has 3 rings (SSSR count). The van der Waals surface area contributed by atoms with Gasteiger partial charge in [0, 0.05) is 28.9 Å². The van der Waals surface area contributed by atoms with Gasteiger partial charge in [0.25, 0.3) is 5.91 Å². The van der Waals surface area contributed by atoms with E-state index in [1.807, 2.05) is 50.3 Å². The molecule has 1 aromatic carbocycles. The average Bonchev–Trinajstić information content (AvgIpc) is 2.65. The third-order valence-electron chi connectivity index (χ3n) is 4.46. The molecule has 2 unspecified atom stereocenters. The summed E-state index contributed by atoms with van der Waals surface area (Å²) in [5.41, 5.74) is 7.90.